The molecular weight excluding hydrogens is 411 g/mol. The number of nitrogens with one attached hydrogen (secondary N) is 2. The summed E-state index contributed by atoms with van der Waals surface area (Å²) in [5.74, 6) is -2.35. The molecule has 2 aromatic carbocycles. The SMILES string of the molecule is Cc1ccc(NC(=O)CS(=O)(=O)C(C)C(=O)Nc2cc(Cl)ccc2Cl)cc1. The maximum absolute atomic E-state index is 12.4. The minimum absolute atomic E-state index is 0.195. The summed E-state index contributed by atoms with van der Waals surface area (Å²) in [4.78, 5) is 24.3. The van der Waals surface area contributed by atoms with E-state index in [0.29, 0.717) is 10.7 Å². The summed E-state index contributed by atoms with van der Waals surface area (Å²) < 4.78 is 24.8. The van der Waals surface area contributed by atoms with E-state index in [1.54, 1.807) is 24.3 Å². The van der Waals surface area contributed by atoms with Gasteiger partial charge >= 0.3 is 0 Å². The molecule has 0 bridgehead atoms. The summed E-state index contributed by atoms with van der Waals surface area (Å²) in [6.07, 6.45) is 0. The van der Waals surface area contributed by atoms with Gasteiger partial charge in [-0.1, -0.05) is 40.9 Å². The third kappa shape index (κ3) is 5.95. The Morgan fingerprint density at radius 1 is 1.04 bits per heavy atom. The molecule has 0 saturated heterocycles. The first-order valence-electron chi connectivity index (χ1n) is 7.92. The van der Waals surface area contributed by atoms with Gasteiger partial charge in [0, 0.05) is 10.7 Å². The van der Waals surface area contributed by atoms with Crippen molar-refractivity contribution in [1.82, 2.24) is 0 Å². The Hall–Kier alpha value is -2.09. The molecule has 0 heterocycles. The van der Waals surface area contributed by atoms with Crippen LogP contribution in [-0.4, -0.2) is 31.2 Å². The second-order valence-corrected chi connectivity index (χ2v) is 9.14. The number of sulfone groups is 1. The van der Waals surface area contributed by atoms with Crippen LogP contribution in [0.5, 0.6) is 0 Å². The van der Waals surface area contributed by atoms with Gasteiger partial charge in [0.1, 0.15) is 11.0 Å². The summed E-state index contributed by atoms with van der Waals surface area (Å²) in [6.45, 7) is 3.10. The topological polar surface area (TPSA) is 92.3 Å². The highest BCUT2D eigenvalue weighted by Gasteiger charge is 2.30. The van der Waals surface area contributed by atoms with Crippen LogP contribution in [0.25, 0.3) is 0 Å². The molecule has 27 heavy (non-hydrogen) atoms. The van der Waals surface area contributed by atoms with E-state index in [0.717, 1.165) is 5.56 Å². The number of anilines is 2. The highest BCUT2D eigenvalue weighted by molar-refractivity contribution is 7.93. The Morgan fingerprint density at radius 2 is 1.67 bits per heavy atom. The average Bonchev–Trinajstić information content (AvgIpc) is 2.59. The number of carbonyl (C=O) groups excluding carboxylic acids is 2. The summed E-state index contributed by atoms with van der Waals surface area (Å²) >= 11 is 11.8. The van der Waals surface area contributed by atoms with Crippen LogP contribution in [0.4, 0.5) is 11.4 Å². The Labute approximate surface area is 167 Å². The van der Waals surface area contributed by atoms with Gasteiger partial charge in [-0.2, -0.15) is 0 Å². The minimum Gasteiger partial charge on any atom is -0.325 e. The summed E-state index contributed by atoms with van der Waals surface area (Å²) in [5.41, 5.74) is 1.68. The fraction of sp³-hybridized carbons (Fsp3) is 0.222. The first kappa shape index (κ1) is 21.2. The predicted octanol–water partition coefficient (Wildman–Crippen LogP) is 3.68. The molecule has 1 atom stereocenters. The van der Waals surface area contributed by atoms with E-state index in [1.807, 2.05) is 6.92 Å². The molecule has 2 N–H and O–H groups in total. The summed E-state index contributed by atoms with van der Waals surface area (Å²) in [6, 6.07) is 11.3. The second-order valence-electron chi connectivity index (χ2n) is 5.98. The molecule has 0 spiro atoms. The molecule has 2 rings (SSSR count). The Bertz CT molecular complexity index is 960. The van der Waals surface area contributed by atoms with Crippen LogP contribution in [0.1, 0.15) is 12.5 Å². The van der Waals surface area contributed by atoms with Crippen molar-refractivity contribution in [1.29, 1.82) is 0 Å². The van der Waals surface area contributed by atoms with Crippen molar-refractivity contribution in [2.75, 3.05) is 16.4 Å². The number of aryl methyl sites for hydroxylation is 1. The lowest BCUT2D eigenvalue weighted by Gasteiger charge is -2.14. The molecule has 2 amide bonds. The largest absolute Gasteiger partial charge is 0.325 e. The zero-order chi connectivity index (χ0) is 20.2. The maximum Gasteiger partial charge on any atom is 0.242 e. The van der Waals surface area contributed by atoms with Crippen LogP contribution >= 0.6 is 23.2 Å². The van der Waals surface area contributed by atoms with Crippen molar-refractivity contribution in [3.8, 4) is 0 Å². The molecule has 0 aromatic heterocycles. The lowest BCUT2D eigenvalue weighted by Crippen LogP contribution is -2.37. The van der Waals surface area contributed by atoms with Crippen LogP contribution in [0, 0.1) is 6.92 Å². The van der Waals surface area contributed by atoms with Crippen molar-refractivity contribution in [2.45, 2.75) is 19.1 Å². The number of amides is 2. The van der Waals surface area contributed by atoms with E-state index in [-0.39, 0.29) is 10.7 Å². The van der Waals surface area contributed by atoms with Crippen molar-refractivity contribution < 1.29 is 18.0 Å². The van der Waals surface area contributed by atoms with E-state index in [4.69, 9.17) is 23.2 Å². The number of hydrogen-bond donors (Lipinski definition) is 2. The Balaban J connectivity index is 2.03. The Morgan fingerprint density at radius 3 is 2.30 bits per heavy atom. The number of halogens is 2. The molecule has 0 aliphatic heterocycles. The van der Waals surface area contributed by atoms with E-state index in [1.165, 1.54) is 25.1 Å². The Kier molecular flexibility index (Phi) is 6.86. The van der Waals surface area contributed by atoms with Crippen molar-refractivity contribution in [3.05, 3.63) is 58.1 Å². The summed E-state index contributed by atoms with van der Waals surface area (Å²) in [5, 5.41) is 4.02. The van der Waals surface area contributed by atoms with E-state index in [2.05, 4.69) is 10.6 Å². The first-order chi connectivity index (χ1) is 12.6. The molecule has 0 saturated carbocycles. The molecule has 0 fully saturated rings. The normalized spacial score (nSPS) is 12.3. The zero-order valence-corrected chi connectivity index (χ0v) is 17.0. The van der Waals surface area contributed by atoms with Gasteiger partial charge in [-0.3, -0.25) is 9.59 Å². The van der Waals surface area contributed by atoms with Crippen LogP contribution in [0.2, 0.25) is 10.0 Å². The predicted molar refractivity (Wildman–Crippen MR) is 108 cm³/mol. The van der Waals surface area contributed by atoms with E-state index < -0.39 is 32.7 Å². The number of hydrogen-bond acceptors (Lipinski definition) is 4. The third-order valence-electron chi connectivity index (χ3n) is 3.76. The van der Waals surface area contributed by atoms with Gasteiger partial charge in [0.15, 0.2) is 9.84 Å². The lowest BCUT2D eigenvalue weighted by molar-refractivity contribution is -0.115. The van der Waals surface area contributed by atoms with Crippen molar-refractivity contribution >= 4 is 56.2 Å². The summed E-state index contributed by atoms with van der Waals surface area (Å²) in [7, 11) is -4.03. The van der Waals surface area contributed by atoms with Gasteiger partial charge in [-0.05, 0) is 44.2 Å². The van der Waals surface area contributed by atoms with E-state index >= 15 is 0 Å². The minimum atomic E-state index is -4.03. The molecule has 0 radical (unpaired) electrons. The lowest BCUT2D eigenvalue weighted by atomic mass is 10.2. The van der Waals surface area contributed by atoms with Crippen LogP contribution in [-0.2, 0) is 19.4 Å². The number of carbonyl (C=O) groups is 2. The highest BCUT2D eigenvalue weighted by atomic mass is 35.5. The van der Waals surface area contributed by atoms with Gasteiger partial charge in [0.05, 0.1) is 10.7 Å². The number of benzene rings is 2. The molecule has 9 heteroatoms. The molecule has 0 aliphatic rings. The van der Waals surface area contributed by atoms with Crippen molar-refractivity contribution in [3.63, 3.8) is 0 Å². The standard InChI is InChI=1S/C18H18Cl2N2O4S/c1-11-3-6-14(7-4-11)21-17(23)10-27(25,26)12(2)18(24)22-16-9-13(19)5-8-15(16)20/h3-9,12H,10H2,1-2H3,(H,21,23)(H,22,24). The monoisotopic (exact) mass is 428 g/mol. The maximum atomic E-state index is 12.4. The molecule has 2 aromatic rings. The fourth-order valence-corrected chi connectivity index (χ4v) is 3.54. The van der Waals surface area contributed by atoms with Gasteiger partial charge in [0.2, 0.25) is 11.8 Å². The fourth-order valence-electron chi connectivity index (χ4n) is 2.13. The van der Waals surface area contributed by atoms with Gasteiger partial charge in [-0.15, -0.1) is 0 Å². The van der Waals surface area contributed by atoms with Crippen LogP contribution < -0.4 is 10.6 Å². The van der Waals surface area contributed by atoms with Gasteiger partial charge < -0.3 is 10.6 Å². The first-order valence-corrected chi connectivity index (χ1v) is 10.4. The molecule has 1 unspecified atom stereocenters. The smallest absolute Gasteiger partial charge is 0.242 e. The molecule has 0 aliphatic carbocycles. The van der Waals surface area contributed by atoms with Gasteiger partial charge in [-0.25, -0.2) is 8.42 Å². The molecular formula is C18H18Cl2N2O4S. The number of rotatable bonds is 6. The van der Waals surface area contributed by atoms with Gasteiger partial charge in [0.25, 0.3) is 0 Å². The molecule has 6 nitrogen and oxygen atoms in total. The second kappa shape index (κ2) is 8.73. The quantitative estimate of drug-likeness (QED) is 0.733. The van der Waals surface area contributed by atoms with E-state index in [9.17, 15) is 18.0 Å². The van der Waals surface area contributed by atoms with Crippen molar-refractivity contribution in [2.24, 2.45) is 0 Å². The third-order valence-corrected chi connectivity index (χ3v) is 6.28. The zero-order valence-electron chi connectivity index (χ0n) is 14.6. The van der Waals surface area contributed by atoms with Crippen LogP contribution in [0.15, 0.2) is 42.5 Å². The van der Waals surface area contributed by atoms with Crippen LogP contribution in [0.3, 0.4) is 0 Å². The highest BCUT2D eigenvalue weighted by Crippen LogP contribution is 2.25. The molecule has 144 valence electrons. The average molecular weight is 429 g/mol.